The van der Waals surface area contributed by atoms with Gasteiger partial charge in [-0.2, -0.15) is 0 Å². The number of carbonyl (C=O) groups excluding carboxylic acids is 1. The molecule has 2 aromatic carbocycles. The third kappa shape index (κ3) is 3.91. The van der Waals surface area contributed by atoms with E-state index in [2.05, 4.69) is 6.47 Å². The number of hydrogen-bond acceptors (Lipinski definition) is 6. The Hall–Kier alpha value is -2.59. The molecule has 130 valence electrons. The third-order valence-electron chi connectivity index (χ3n) is 3.61. The number of nitrogens with two attached hydrogens (primary N) is 1. The van der Waals surface area contributed by atoms with Gasteiger partial charge in [-0.15, -0.1) is 0 Å². The molecule has 0 aromatic heterocycles. The van der Waals surface area contributed by atoms with Gasteiger partial charge in [0.15, 0.2) is 0 Å². The molecule has 0 heterocycles. The molecule has 25 heavy (non-hydrogen) atoms. The molecule has 0 spiro atoms. The number of ether oxygens (including phenoxy) is 1. The van der Waals surface area contributed by atoms with Crippen LogP contribution < -0.4 is 10.6 Å². The zero-order valence-electron chi connectivity index (χ0n) is 13.4. The second-order valence-corrected chi connectivity index (χ2v) is 6.77. The van der Waals surface area contributed by atoms with E-state index in [1.54, 1.807) is 6.07 Å². The van der Waals surface area contributed by atoms with Gasteiger partial charge in [-0.1, -0.05) is 0 Å². The molecule has 2 rings (SSSR count). The average molecular weight is 362 g/mol. The maximum absolute atomic E-state index is 12.0. The molecular formula is C15H15BN2O6S. The van der Waals surface area contributed by atoms with Crippen LogP contribution in [0.25, 0.3) is 10.8 Å². The van der Waals surface area contributed by atoms with Gasteiger partial charge in [-0.25, -0.2) is 0 Å². The van der Waals surface area contributed by atoms with Crippen LogP contribution in [0.1, 0.15) is 12.5 Å². The molecule has 2 N–H and O–H groups in total. The number of primary sulfonamides is 1. The van der Waals surface area contributed by atoms with Crippen molar-refractivity contribution in [2.45, 2.75) is 18.2 Å². The normalized spacial score (nSPS) is 11.1. The number of hydrogen-bond donors (Lipinski definition) is 1. The molecule has 0 fully saturated rings. The van der Waals surface area contributed by atoms with Crippen molar-refractivity contribution < 1.29 is 22.9 Å². The van der Waals surface area contributed by atoms with Crippen molar-refractivity contribution in [3.63, 3.8) is 0 Å². The van der Waals surface area contributed by atoms with E-state index >= 15 is 0 Å². The molecule has 0 saturated carbocycles. The SMILES string of the molecule is C=Bc1c(CCOC(C)=O)cc(S(N)(=O)=O)c2c([N+](=O)[O-])cccc12. The van der Waals surface area contributed by atoms with Crippen LogP contribution >= 0.6 is 0 Å². The summed E-state index contributed by atoms with van der Waals surface area (Å²) >= 11 is 0. The summed E-state index contributed by atoms with van der Waals surface area (Å²) in [5.41, 5.74) is 0.669. The summed E-state index contributed by atoms with van der Waals surface area (Å²) in [7, 11) is -4.22. The standard InChI is InChI=1S/C15H15BN2O6S/c1-9(19)24-7-6-10-8-13(25(17,22)23)14-11(15(10)16-2)4-3-5-12(14)18(20)21/h3-5,8H,2,6-7H2,1H3,(H2,17,22,23). The second-order valence-electron chi connectivity index (χ2n) is 5.24. The van der Waals surface area contributed by atoms with Gasteiger partial charge in [0, 0.05) is 0 Å². The first kappa shape index (κ1) is 18.7. The fourth-order valence-corrected chi connectivity index (χ4v) is 3.44. The number of fused-ring (bicyclic) bond motifs is 1. The Kier molecular flexibility index (Phi) is 5.34. The quantitative estimate of drug-likeness (QED) is 0.340. The van der Waals surface area contributed by atoms with Crippen molar-refractivity contribution in [3.8, 4) is 0 Å². The van der Waals surface area contributed by atoms with Crippen LogP contribution in [-0.2, 0) is 26.0 Å². The number of carbonyl (C=O) groups is 1. The summed E-state index contributed by atoms with van der Waals surface area (Å²) in [6.07, 6.45) is 0.210. The summed E-state index contributed by atoms with van der Waals surface area (Å²) < 4.78 is 28.9. The first-order chi connectivity index (χ1) is 11.7. The molecule has 8 nitrogen and oxygen atoms in total. The Morgan fingerprint density at radius 1 is 1.44 bits per heavy atom. The number of nitrogens with zero attached hydrogens (tertiary/aromatic N) is 1. The molecule has 0 bridgehead atoms. The minimum absolute atomic E-state index is 0.0284. The van der Waals surface area contributed by atoms with Crippen LogP contribution in [0.15, 0.2) is 29.2 Å². The van der Waals surface area contributed by atoms with E-state index in [0.29, 0.717) is 16.4 Å². The predicted octanol–water partition coefficient (Wildman–Crippen LogP) is 0.263. The van der Waals surface area contributed by atoms with Crippen LogP contribution in [0.4, 0.5) is 5.69 Å². The number of nitro groups is 1. The molecule has 0 aliphatic carbocycles. The Labute approximate surface area is 144 Å². The molecule has 0 aliphatic heterocycles. The topological polar surface area (TPSA) is 130 Å². The number of sulfonamides is 1. The van der Waals surface area contributed by atoms with E-state index < -0.39 is 20.9 Å². The van der Waals surface area contributed by atoms with Gasteiger partial charge in [0.25, 0.3) is 0 Å². The van der Waals surface area contributed by atoms with Crippen molar-refractivity contribution in [2.24, 2.45) is 5.14 Å². The zero-order valence-corrected chi connectivity index (χ0v) is 14.2. The summed E-state index contributed by atoms with van der Waals surface area (Å²) in [5.74, 6) is -0.469. The Morgan fingerprint density at radius 2 is 2.12 bits per heavy atom. The first-order valence-electron chi connectivity index (χ1n) is 7.18. The van der Waals surface area contributed by atoms with Crippen molar-refractivity contribution in [1.82, 2.24) is 0 Å². The van der Waals surface area contributed by atoms with E-state index in [4.69, 9.17) is 9.88 Å². The van der Waals surface area contributed by atoms with Gasteiger partial charge in [-0.3, -0.25) is 0 Å². The molecule has 0 atom stereocenters. The maximum atomic E-state index is 12.0. The van der Waals surface area contributed by atoms with Crippen molar-refractivity contribution in [2.75, 3.05) is 6.61 Å². The van der Waals surface area contributed by atoms with Crippen LogP contribution in [0.2, 0.25) is 0 Å². The van der Waals surface area contributed by atoms with Crippen LogP contribution in [0.3, 0.4) is 0 Å². The number of benzene rings is 2. The van der Waals surface area contributed by atoms with Crippen LogP contribution in [0, 0.1) is 10.1 Å². The molecular weight excluding hydrogens is 347 g/mol. The molecule has 2 aromatic rings. The second kappa shape index (κ2) is 7.12. The Balaban J connectivity index is 2.83. The van der Waals surface area contributed by atoms with Gasteiger partial charge < -0.3 is 0 Å². The minimum atomic E-state index is -4.22. The molecule has 0 amide bonds. The van der Waals surface area contributed by atoms with Gasteiger partial charge in [-0.05, 0) is 0 Å². The number of rotatable bonds is 6. The van der Waals surface area contributed by atoms with Gasteiger partial charge in [0.2, 0.25) is 0 Å². The van der Waals surface area contributed by atoms with E-state index in [1.807, 2.05) is 0 Å². The fourth-order valence-electron chi connectivity index (χ4n) is 2.63. The van der Waals surface area contributed by atoms with E-state index in [0.717, 1.165) is 0 Å². The molecule has 0 radical (unpaired) electrons. The van der Waals surface area contributed by atoms with Gasteiger partial charge in [0.05, 0.1) is 0 Å². The molecule has 0 unspecified atom stereocenters. The summed E-state index contributed by atoms with van der Waals surface area (Å²) in [6.45, 7) is 6.45. The van der Waals surface area contributed by atoms with E-state index in [1.165, 1.54) is 32.0 Å². The summed E-state index contributed by atoms with van der Waals surface area (Å²) in [5, 5.41) is 16.9. The van der Waals surface area contributed by atoms with Crippen LogP contribution in [-0.4, -0.2) is 39.3 Å². The summed E-state index contributed by atoms with van der Waals surface area (Å²) in [4.78, 5) is 21.2. The van der Waals surface area contributed by atoms with Gasteiger partial charge in [0.1, 0.15) is 0 Å². The molecule has 0 aliphatic rings. The monoisotopic (exact) mass is 362 g/mol. The van der Waals surface area contributed by atoms with Crippen molar-refractivity contribution in [3.05, 3.63) is 39.9 Å². The van der Waals surface area contributed by atoms with E-state index in [9.17, 15) is 23.3 Å². The van der Waals surface area contributed by atoms with Gasteiger partial charge >= 0.3 is 144 Å². The third-order valence-corrected chi connectivity index (χ3v) is 4.55. The fraction of sp³-hybridized carbons (Fsp3) is 0.200. The van der Waals surface area contributed by atoms with E-state index in [-0.39, 0.29) is 29.0 Å². The molecule has 0 saturated heterocycles. The van der Waals surface area contributed by atoms with Crippen LogP contribution in [0.5, 0.6) is 0 Å². The zero-order chi connectivity index (χ0) is 18.8. The molecule has 10 heteroatoms. The predicted molar refractivity (Wildman–Crippen MR) is 94.8 cm³/mol. The summed E-state index contributed by atoms with van der Waals surface area (Å²) in [6, 6.07) is 5.49. The Morgan fingerprint density at radius 3 is 2.64 bits per heavy atom. The number of esters is 1. The number of non-ortho nitro benzene ring substituents is 1. The van der Waals surface area contributed by atoms with Crippen molar-refractivity contribution in [1.29, 1.82) is 0 Å². The average Bonchev–Trinajstić information content (AvgIpc) is 2.51. The van der Waals surface area contributed by atoms with Crippen molar-refractivity contribution >= 4 is 51.3 Å². The first-order valence-corrected chi connectivity index (χ1v) is 8.73. The number of nitro benzene ring substituents is 1. The Bertz CT molecular complexity index is 987.